The first-order valence-corrected chi connectivity index (χ1v) is 10.0. The molecule has 1 aliphatic rings. The number of β-amino-alcohol motifs (C(OH)–C–C–N with tert-alkyl or cyclic N) is 1. The summed E-state index contributed by atoms with van der Waals surface area (Å²) < 4.78 is 0. The summed E-state index contributed by atoms with van der Waals surface area (Å²) in [7, 11) is 0. The third-order valence-electron chi connectivity index (χ3n) is 5.32. The molecule has 0 radical (unpaired) electrons. The maximum Gasteiger partial charge on any atom is 0.295 e. The second-order valence-corrected chi connectivity index (χ2v) is 7.48. The van der Waals surface area contributed by atoms with Crippen LogP contribution in [0.4, 0.5) is 11.5 Å². The van der Waals surface area contributed by atoms with Crippen LogP contribution in [0.1, 0.15) is 11.1 Å². The predicted octanol–water partition coefficient (Wildman–Crippen LogP) is 3.49. The molecule has 4 rings (SSSR count). The highest BCUT2D eigenvalue weighted by Gasteiger charge is 2.20. The van der Waals surface area contributed by atoms with E-state index in [0.29, 0.717) is 30.2 Å². The molecular weight excluding hydrogens is 380 g/mol. The van der Waals surface area contributed by atoms with Crippen molar-refractivity contribution in [3.8, 4) is 11.3 Å². The lowest BCUT2D eigenvalue weighted by molar-refractivity contribution is -0.384. The normalized spacial score (nSPS) is 14.7. The van der Waals surface area contributed by atoms with Crippen LogP contribution in [0.2, 0.25) is 0 Å². The van der Waals surface area contributed by atoms with Crippen LogP contribution in [0, 0.1) is 10.1 Å². The van der Waals surface area contributed by atoms with E-state index in [1.54, 1.807) is 18.2 Å². The van der Waals surface area contributed by atoms with Crippen molar-refractivity contribution in [2.24, 2.45) is 0 Å². The number of nitrogens with zero attached hydrogens (tertiary/aromatic N) is 3. The fraction of sp³-hybridized carbons (Fsp3) is 0.261. The van der Waals surface area contributed by atoms with Gasteiger partial charge in [-0.05, 0) is 23.6 Å². The molecule has 7 nitrogen and oxygen atoms in total. The second kappa shape index (κ2) is 9.02. The molecule has 0 fully saturated rings. The topological polar surface area (TPSA) is 91.5 Å². The standard InChI is InChI=1S/C23H24N4O3/c28-20(16-26-13-12-17-6-4-5-9-19(17)15-26)14-24-22-11-10-21(27(29)30)23(25-22)18-7-2-1-3-8-18/h1-11,20,28H,12-16H2,(H,24,25). The highest BCUT2D eigenvalue weighted by atomic mass is 16.6. The number of hydrogen-bond donors (Lipinski definition) is 2. The van der Waals surface area contributed by atoms with Crippen LogP contribution in [-0.4, -0.2) is 45.7 Å². The van der Waals surface area contributed by atoms with E-state index in [9.17, 15) is 15.2 Å². The number of anilines is 1. The van der Waals surface area contributed by atoms with Crippen LogP contribution in [0.25, 0.3) is 11.3 Å². The maximum absolute atomic E-state index is 11.4. The Balaban J connectivity index is 1.39. The molecule has 0 spiro atoms. The first-order valence-electron chi connectivity index (χ1n) is 10.0. The number of aliphatic hydroxyl groups excluding tert-OH is 1. The molecule has 0 aliphatic carbocycles. The predicted molar refractivity (Wildman–Crippen MR) is 116 cm³/mol. The molecule has 1 aliphatic heterocycles. The Morgan fingerprint density at radius 2 is 1.80 bits per heavy atom. The van der Waals surface area contributed by atoms with Crippen molar-refractivity contribution in [1.82, 2.24) is 9.88 Å². The van der Waals surface area contributed by atoms with Crippen molar-refractivity contribution in [2.75, 3.05) is 25.0 Å². The number of pyridine rings is 1. The maximum atomic E-state index is 11.4. The Hall–Kier alpha value is -3.29. The summed E-state index contributed by atoms with van der Waals surface area (Å²) in [4.78, 5) is 17.6. The minimum absolute atomic E-state index is 0.0423. The Kier molecular flexibility index (Phi) is 6.02. The largest absolute Gasteiger partial charge is 0.390 e. The Labute approximate surface area is 175 Å². The van der Waals surface area contributed by atoms with E-state index in [0.717, 1.165) is 19.5 Å². The zero-order chi connectivity index (χ0) is 20.9. The van der Waals surface area contributed by atoms with Gasteiger partial charge in [0.1, 0.15) is 5.82 Å². The quantitative estimate of drug-likeness (QED) is 0.463. The zero-order valence-corrected chi connectivity index (χ0v) is 16.6. The van der Waals surface area contributed by atoms with Crippen molar-refractivity contribution in [1.29, 1.82) is 0 Å². The van der Waals surface area contributed by atoms with Crippen LogP contribution in [0.15, 0.2) is 66.7 Å². The molecule has 2 N–H and O–H groups in total. The lowest BCUT2D eigenvalue weighted by Crippen LogP contribution is -2.39. The van der Waals surface area contributed by atoms with Crippen molar-refractivity contribution < 1.29 is 10.0 Å². The minimum Gasteiger partial charge on any atom is -0.390 e. The summed E-state index contributed by atoms with van der Waals surface area (Å²) in [6.45, 7) is 2.63. The van der Waals surface area contributed by atoms with Gasteiger partial charge in [0, 0.05) is 37.8 Å². The molecule has 1 unspecified atom stereocenters. The Bertz CT molecular complexity index is 1030. The van der Waals surface area contributed by atoms with Crippen LogP contribution in [0.5, 0.6) is 0 Å². The number of aromatic nitrogens is 1. The lowest BCUT2D eigenvalue weighted by atomic mass is 10.00. The van der Waals surface area contributed by atoms with E-state index in [1.165, 1.54) is 17.2 Å². The van der Waals surface area contributed by atoms with Gasteiger partial charge in [-0.15, -0.1) is 0 Å². The number of nitro groups is 1. The SMILES string of the molecule is O=[N+]([O-])c1ccc(NCC(O)CN2CCc3ccccc3C2)nc1-c1ccccc1. The Morgan fingerprint density at radius 1 is 1.07 bits per heavy atom. The van der Waals surface area contributed by atoms with E-state index >= 15 is 0 Å². The molecule has 0 bridgehead atoms. The van der Waals surface area contributed by atoms with Crippen LogP contribution in [-0.2, 0) is 13.0 Å². The first kappa shape index (κ1) is 20.0. The van der Waals surface area contributed by atoms with Crippen molar-refractivity contribution >= 4 is 11.5 Å². The van der Waals surface area contributed by atoms with E-state index in [2.05, 4.69) is 33.4 Å². The highest BCUT2D eigenvalue weighted by molar-refractivity contribution is 5.71. The molecule has 154 valence electrons. The first-order chi connectivity index (χ1) is 14.6. The molecule has 2 aromatic carbocycles. The van der Waals surface area contributed by atoms with E-state index in [1.807, 2.05) is 24.3 Å². The Morgan fingerprint density at radius 3 is 2.57 bits per heavy atom. The minimum atomic E-state index is -0.576. The molecule has 30 heavy (non-hydrogen) atoms. The van der Waals surface area contributed by atoms with Gasteiger partial charge < -0.3 is 10.4 Å². The summed E-state index contributed by atoms with van der Waals surface area (Å²) in [5, 5.41) is 25.0. The fourth-order valence-corrected chi connectivity index (χ4v) is 3.80. The van der Waals surface area contributed by atoms with Gasteiger partial charge in [0.25, 0.3) is 5.69 Å². The number of nitrogens with one attached hydrogen (secondary N) is 1. The van der Waals surface area contributed by atoms with Gasteiger partial charge in [-0.2, -0.15) is 0 Å². The molecule has 3 aromatic rings. The summed E-state index contributed by atoms with van der Waals surface area (Å²) in [6, 6.07) is 20.5. The molecule has 0 saturated heterocycles. The smallest absolute Gasteiger partial charge is 0.295 e. The van der Waals surface area contributed by atoms with Gasteiger partial charge in [-0.3, -0.25) is 15.0 Å². The lowest BCUT2D eigenvalue weighted by Gasteiger charge is -2.30. The number of aliphatic hydroxyl groups is 1. The summed E-state index contributed by atoms with van der Waals surface area (Å²) >= 11 is 0. The second-order valence-electron chi connectivity index (χ2n) is 7.48. The van der Waals surface area contributed by atoms with Crippen LogP contribution in [0.3, 0.4) is 0 Å². The van der Waals surface area contributed by atoms with E-state index in [4.69, 9.17) is 0 Å². The van der Waals surface area contributed by atoms with Gasteiger partial charge in [-0.1, -0.05) is 54.6 Å². The molecule has 0 saturated carbocycles. The molecule has 0 amide bonds. The summed E-state index contributed by atoms with van der Waals surface area (Å²) in [5.74, 6) is 0.502. The van der Waals surface area contributed by atoms with Crippen LogP contribution >= 0.6 is 0 Å². The van der Waals surface area contributed by atoms with Crippen molar-refractivity contribution in [3.63, 3.8) is 0 Å². The van der Waals surface area contributed by atoms with Gasteiger partial charge in [-0.25, -0.2) is 4.98 Å². The zero-order valence-electron chi connectivity index (χ0n) is 16.6. The fourth-order valence-electron chi connectivity index (χ4n) is 3.80. The van der Waals surface area contributed by atoms with E-state index < -0.39 is 11.0 Å². The summed E-state index contributed by atoms with van der Waals surface area (Å²) in [5.41, 5.74) is 3.64. The average molecular weight is 404 g/mol. The molecule has 7 heteroatoms. The third-order valence-corrected chi connectivity index (χ3v) is 5.32. The van der Waals surface area contributed by atoms with Gasteiger partial charge >= 0.3 is 0 Å². The number of rotatable bonds is 7. The molecule has 1 aromatic heterocycles. The molecular formula is C23H24N4O3. The van der Waals surface area contributed by atoms with Crippen molar-refractivity contribution in [2.45, 2.75) is 19.1 Å². The molecule has 1 atom stereocenters. The number of benzene rings is 2. The van der Waals surface area contributed by atoms with Gasteiger partial charge in [0.2, 0.25) is 0 Å². The van der Waals surface area contributed by atoms with Gasteiger partial charge in [0.05, 0.1) is 11.0 Å². The number of hydrogen-bond acceptors (Lipinski definition) is 6. The van der Waals surface area contributed by atoms with Gasteiger partial charge in [0.15, 0.2) is 5.69 Å². The average Bonchev–Trinajstić information content (AvgIpc) is 2.78. The molecule has 2 heterocycles. The third kappa shape index (κ3) is 4.64. The van der Waals surface area contributed by atoms with Crippen LogP contribution < -0.4 is 5.32 Å². The highest BCUT2D eigenvalue weighted by Crippen LogP contribution is 2.29. The number of fused-ring (bicyclic) bond motifs is 1. The monoisotopic (exact) mass is 404 g/mol. The van der Waals surface area contributed by atoms with Crippen molar-refractivity contribution in [3.05, 3.63) is 88.0 Å². The van der Waals surface area contributed by atoms with E-state index in [-0.39, 0.29) is 5.69 Å². The summed E-state index contributed by atoms with van der Waals surface area (Å²) in [6.07, 6.45) is 0.410.